The molecule has 0 spiro atoms. The average Bonchev–Trinajstić information content (AvgIpc) is 2.91. The van der Waals surface area contributed by atoms with Crippen LogP contribution in [0.2, 0.25) is 0 Å². The molecule has 0 unspecified atom stereocenters. The van der Waals surface area contributed by atoms with E-state index in [9.17, 15) is 4.79 Å². The van der Waals surface area contributed by atoms with Gasteiger partial charge in [0.15, 0.2) is 0 Å². The van der Waals surface area contributed by atoms with Gasteiger partial charge in [-0.15, -0.1) is 36.7 Å². The van der Waals surface area contributed by atoms with Gasteiger partial charge in [-0.2, -0.15) is 0 Å². The molecule has 0 aromatic heterocycles. The summed E-state index contributed by atoms with van der Waals surface area (Å²) in [5, 5.41) is 0. The van der Waals surface area contributed by atoms with Crippen LogP contribution < -0.4 is 4.74 Å². The maximum absolute atomic E-state index is 12.3. The van der Waals surface area contributed by atoms with Crippen molar-refractivity contribution in [2.24, 2.45) is 11.8 Å². The van der Waals surface area contributed by atoms with Crippen molar-refractivity contribution in [1.82, 2.24) is 0 Å². The summed E-state index contributed by atoms with van der Waals surface area (Å²) in [6, 6.07) is 7.97. The topological polar surface area (TPSA) is 44.8 Å². The lowest BCUT2D eigenvalue weighted by molar-refractivity contribution is -0.152. The van der Waals surface area contributed by atoms with E-state index in [1.807, 2.05) is 53.9 Å². The first-order valence-electron chi connectivity index (χ1n) is 14.7. The fourth-order valence-electron chi connectivity index (χ4n) is 5.02. The van der Waals surface area contributed by atoms with Crippen molar-refractivity contribution in [3.63, 3.8) is 0 Å². The molecule has 1 heterocycles. The second kappa shape index (κ2) is 17.4. The monoisotopic (exact) mass is 588 g/mol. The molecule has 40 heavy (non-hydrogen) atoms. The molecule has 1 aromatic rings. The number of methoxy groups -OCH3 is 1. The van der Waals surface area contributed by atoms with Gasteiger partial charge >= 0.3 is 5.97 Å². The van der Waals surface area contributed by atoms with Crippen LogP contribution in [0.25, 0.3) is 0 Å². The Morgan fingerprint density at radius 2 is 1.85 bits per heavy atom. The molecule has 3 atom stereocenters. The van der Waals surface area contributed by atoms with Gasteiger partial charge in [-0.25, -0.2) is 0 Å². The highest BCUT2D eigenvalue weighted by atomic mass is 32.2. The molecule has 0 saturated carbocycles. The minimum Gasteiger partial charge on any atom is -0.497 e. The lowest BCUT2D eigenvalue weighted by atomic mass is 9.88. The molecule has 2 rings (SSSR count). The van der Waals surface area contributed by atoms with Crippen molar-refractivity contribution in [1.29, 1.82) is 0 Å². The van der Waals surface area contributed by atoms with E-state index in [2.05, 4.69) is 53.0 Å². The van der Waals surface area contributed by atoms with Gasteiger partial charge in [0.1, 0.15) is 11.9 Å². The van der Waals surface area contributed by atoms with Crippen LogP contribution in [-0.2, 0) is 20.9 Å². The Bertz CT molecular complexity index is 949. The normalized spacial score (nSPS) is 18.2. The number of benzene rings is 1. The highest BCUT2D eigenvalue weighted by molar-refractivity contribution is 8.19. The summed E-state index contributed by atoms with van der Waals surface area (Å²) in [6.45, 7) is 18.9. The van der Waals surface area contributed by atoms with E-state index in [1.165, 1.54) is 18.9 Å². The van der Waals surface area contributed by atoms with Crippen molar-refractivity contribution >= 4 is 29.5 Å². The van der Waals surface area contributed by atoms with Crippen LogP contribution in [0, 0.1) is 11.8 Å². The first-order chi connectivity index (χ1) is 19.0. The van der Waals surface area contributed by atoms with Crippen LogP contribution in [0.15, 0.2) is 61.2 Å². The highest BCUT2D eigenvalue weighted by Crippen LogP contribution is 2.48. The number of carbonyl (C=O) groups excluding carboxylic acids is 1. The van der Waals surface area contributed by atoms with E-state index in [0.29, 0.717) is 24.9 Å². The predicted molar refractivity (Wildman–Crippen MR) is 174 cm³/mol. The summed E-state index contributed by atoms with van der Waals surface area (Å²) in [7, 11) is 1.67. The summed E-state index contributed by atoms with van der Waals surface area (Å²) in [5.41, 5.74) is 1.85. The molecule has 224 valence electrons. The Morgan fingerprint density at radius 3 is 2.40 bits per heavy atom. The molecule has 1 aliphatic rings. The summed E-state index contributed by atoms with van der Waals surface area (Å²) >= 11 is 4.00. The van der Waals surface area contributed by atoms with Gasteiger partial charge in [-0.1, -0.05) is 49.8 Å². The number of carbonyl (C=O) groups is 1. The van der Waals surface area contributed by atoms with Gasteiger partial charge in [-0.3, -0.25) is 4.79 Å². The van der Waals surface area contributed by atoms with Gasteiger partial charge in [0.05, 0.1) is 23.4 Å². The van der Waals surface area contributed by atoms with E-state index in [-0.39, 0.29) is 16.2 Å². The Morgan fingerprint density at radius 1 is 1.18 bits per heavy atom. The molecule has 4 nitrogen and oxygen atoms in total. The van der Waals surface area contributed by atoms with Crippen molar-refractivity contribution in [3.8, 4) is 5.75 Å². The summed E-state index contributed by atoms with van der Waals surface area (Å²) < 4.78 is 17.8. The number of thioether (sulfide) groups is 2. The van der Waals surface area contributed by atoms with Crippen LogP contribution in [0.5, 0.6) is 5.75 Å². The highest BCUT2D eigenvalue weighted by Gasteiger charge is 2.39. The van der Waals surface area contributed by atoms with Gasteiger partial charge in [0, 0.05) is 19.8 Å². The molecule has 0 bridgehead atoms. The Balaban J connectivity index is 2.27. The Kier molecular flexibility index (Phi) is 15.0. The van der Waals surface area contributed by atoms with E-state index < -0.39 is 5.60 Å². The number of allylic oxidation sites excluding steroid dienone is 3. The first kappa shape index (κ1) is 34.6. The molecule has 1 saturated heterocycles. The Hall–Kier alpha value is -1.63. The van der Waals surface area contributed by atoms with E-state index in [4.69, 9.17) is 14.2 Å². The number of hydrogen-bond acceptors (Lipinski definition) is 6. The van der Waals surface area contributed by atoms with Crippen LogP contribution in [0.4, 0.5) is 0 Å². The zero-order valence-electron chi connectivity index (χ0n) is 25.7. The lowest BCUT2D eigenvalue weighted by Crippen LogP contribution is -2.39. The molecule has 1 aliphatic heterocycles. The first-order valence-corrected chi connectivity index (χ1v) is 16.6. The number of esters is 1. The van der Waals surface area contributed by atoms with Gasteiger partial charge in [0.25, 0.3) is 0 Å². The fraction of sp³-hybridized carbons (Fsp3) is 0.618. The van der Waals surface area contributed by atoms with Gasteiger partial charge < -0.3 is 14.2 Å². The third-order valence-electron chi connectivity index (χ3n) is 7.47. The summed E-state index contributed by atoms with van der Waals surface area (Å²) in [6.07, 6.45) is 12.9. The zero-order chi connectivity index (χ0) is 29.6. The molecule has 1 aromatic carbocycles. The van der Waals surface area contributed by atoms with Crippen LogP contribution in [0.3, 0.4) is 0 Å². The summed E-state index contributed by atoms with van der Waals surface area (Å²) in [4.78, 5) is 12.3. The fourth-order valence-corrected chi connectivity index (χ4v) is 8.26. The Labute approximate surface area is 252 Å². The maximum Gasteiger partial charge on any atom is 0.302 e. The smallest absolute Gasteiger partial charge is 0.302 e. The predicted octanol–water partition coefficient (Wildman–Crippen LogP) is 9.40. The van der Waals surface area contributed by atoms with Crippen LogP contribution >= 0.6 is 23.5 Å². The minimum atomic E-state index is -0.467. The molecule has 0 aliphatic carbocycles. The molecular formula is C34H52O4S2. The molecule has 6 heteroatoms. The molecule has 0 N–H and O–H groups in total. The summed E-state index contributed by atoms with van der Waals surface area (Å²) in [5.74, 6) is 3.87. The van der Waals surface area contributed by atoms with Crippen molar-refractivity contribution in [2.45, 2.75) is 102 Å². The quantitative estimate of drug-likeness (QED) is 0.126. The minimum absolute atomic E-state index is 0.121. The zero-order valence-corrected chi connectivity index (χ0v) is 27.3. The number of ether oxygens (including phenoxy) is 3. The van der Waals surface area contributed by atoms with Crippen molar-refractivity contribution in [3.05, 3.63) is 66.8 Å². The number of rotatable bonds is 18. The molecule has 0 radical (unpaired) electrons. The third-order valence-corrected chi connectivity index (χ3v) is 10.7. The van der Waals surface area contributed by atoms with Crippen molar-refractivity contribution < 1.29 is 19.0 Å². The van der Waals surface area contributed by atoms with Crippen molar-refractivity contribution in [2.75, 3.05) is 18.6 Å². The number of hydrogen-bond donors (Lipinski definition) is 0. The second-order valence-electron chi connectivity index (χ2n) is 11.7. The third kappa shape index (κ3) is 12.5. The second-order valence-corrected chi connectivity index (χ2v) is 14.8. The lowest BCUT2D eigenvalue weighted by Gasteiger charge is -2.39. The maximum atomic E-state index is 12.3. The van der Waals surface area contributed by atoms with E-state index in [1.54, 1.807) is 7.11 Å². The average molecular weight is 589 g/mol. The molecule has 0 amide bonds. The van der Waals surface area contributed by atoms with Crippen LogP contribution in [0.1, 0.15) is 85.1 Å². The molecular weight excluding hydrogens is 537 g/mol. The van der Waals surface area contributed by atoms with Gasteiger partial charge in [-0.05, 0) is 87.0 Å². The van der Waals surface area contributed by atoms with E-state index in [0.717, 1.165) is 54.9 Å². The molecule has 1 fully saturated rings. The van der Waals surface area contributed by atoms with E-state index >= 15 is 0 Å². The van der Waals surface area contributed by atoms with Gasteiger partial charge in [0.2, 0.25) is 0 Å². The standard InChI is InChI=1S/C34H52O4S2/c1-9-10-19-33(7,37-25-29-13-16-31(36-8)17-14-29)23-32(38-28(6)35)24-34(39-21-11-22-40-34)20-18-30(27(4)5)15-12-26(2)3/h9,13-14,16-18,20,27,30,32H,1-2,10-12,15,19,21-25H2,3-8H3/b20-18+/t30-,32+,33-/m1/s1. The SMILES string of the molecule is C=CCC[C@](C)(C[C@@H](CC1(/C=C/[C@@H](CCC(=C)C)C(C)C)SCCCS1)OC(C)=O)OCc1ccc(OC)cc1. The van der Waals surface area contributed by atoms with Crippen LogP contribution in [-0.4, -0.2) is 40.4 Å². The largest absolute Gasteiger partial charge is 0.497 e.